The fourth-order valence-electron chi connectivity index (χ4n) is 5.14. The second-order valence-electron chi connectivity index (χ2n) is 9.92. The van der Waals surface area contributed by atoms with Crippen LogP contribution in [0.4, 0.5) is 18.9 Å². The zero-order valence-corrected chi connectivity index (χ0v) is 20.0. The first-order valence-corrected chi connectivity index (χ1v) is 12.0. The number of likely N-dealkylation sites (tertiary alicyclic amines) is 1. The summed E-state index contributed by atoms with van der Waals surface area (Å²) in [5, 5.41) is 7.12. The third kappa shape index (κ3) is 4.75. The number of carboxylic acid groups (broad SMARTS) is 1. The maximum Gasteiger partial charge on any atom is 0.490 e. The van der Waals surface area contributed by atoms with Crippen molar-refractivity contribution < 1.29 is 27.9 Å². The van der Waals surface area contributed by atoms with Gasteiger partial charge in [0.15, 0.2) is 5.82 Å². The molecule has 5 rings (SSSR count). The first-order valence-electron chi connectivity index (χ1n) is 12.0. The molecule has 7 nitrogen and oxygen atoms in total. The Morgan fingerprint density at radius 3 is 2.54 bits per heavy atom. The fraction of sp³-hybridized carbons (Fsp3) is 0.560. The van der Waals surface area contributed by atoms with E-state index in [4.69, 9.17) is 14.9 Å². The molecule has 1 saturated heterocycles. The average molecular weight is 493 g/mol. The second kappa shape index (κ2) is 9.54. The van der Waals surface area contributed by atoms with Crippen molar-refractivity contribution in [3.05, 3.63) is 42.4 Å². The molecule has 1 atom stereocenters. The minimum atomic E-state index is -5.08. The van der Waals surface area contributed by atoms with Crippen LogP contribution < -0.4 is 4.90 Å². The molecule has 190 valence electrons. The van der Waals surface area contributed by atoms with E-state index < -0.39 is 12.1 Å². The predicted octanol–water partition coefficient (Wildman–Crippen LogP) is 4.60. The molecule has 0 radical (unpaired) electrons. The van der Waals surface area contributed by atoms with E-state index in [0.717, 1.165) is 51.1 Å². The highest BCUT2D eigenvalue weighted by Gasteiger charge is 2.51. The number of amides is 1. The van der Waals surface area contributed by atoms with E-state index in [9.17, 15) is 18.0 Å². The van der Waals surface area contributed by atoms with E-state index in [1.165, 1.54) is 17.8 Å². The van der Waals surface area contributed by atoms with Crippen LogP contribution in [-0.4, -0.2) is 57.2 Å². The quantitative estimate of drug-likeness (QED) is 0.675. The number of aliphatic carboxylic acids is 1. The number of fused-ring (bicyclic) bond motifs is 4. The number of aromatic nitrogens is 2. The molecule has 2 fully saturated rings. The van der Waals surface area contributed by atoms with Crippen molar-refractivity contribution >= 4 is 17.6 Å². The summed E-state index contributed by atoms with van der Waals surface area (Å²) in [6, 6.07) is 8.59. The normalized spacial score (nSPS) is 21.3. The van der Waals surface area contributed by atoms with Gasteiger partial charge in [0.2, 0.25) is 5.91 Å². The maximum absolute atomic E-state index is 13.0. The lowest BCUT2D eigenvalue weighted by Crippen LogP contribution is -2.53. The summed E-state index contributed by atoms with van der Waals surface area (Å²) in [5.41, 5.74) is 2.34. The van der Waals surface area contributed by atoms with E-state index >= 15 is 0 Å². The summed E-state index contributed by atoms with van der Waals surface area (Å²) in [5.74, 6) is -0.459. The molecule has 0 bridgehead atoms. The van der Waals surface area contributed by atoms with Gasteiger partial charge in [-0.3, -0.25) is 4.79 Å². The van der Waals surface area contributed by atoms with Gasteiger partial charge in [-0.1, -0.05) is 20.3 Å². The number of hydrogen-bond acceptors (Lipinski definition) is 4. The average Bonchev–Trinajstić information content (AvgIpc) is 3.41. The number of alkyl halides is 3. The third-order valence-electron chi connectivity index (χ3n) is 7.21. The molecular weight excluding hydrogens is 461 g/mol. The Morgan fingerprint density at radius 2 is 1.94 bits per heavy atom. The number of rotatable bonds is 4. The molecule has 1 unspecified atom stereocenters. The molecular formula is C25H31F3N4O3. The minimum absolute atomic E-state index is 0.145. The zero-order valence-electron chi connectivity index (χ0n) is 20.0. The van der Waals surface area contributed by atoms with Crippen LogP contribution >= 0.6 is 0 Å². The number of carbonyl (C=O) groups excluding carboxylic acids is 1. The van der Waals surface area contributed by atoms with Gasteiger partial charge in [0.05, 0.1) is 11.4 Å². The van der Waals surface area contributed by atoms with Gasteiger partial charge < -0.3 is 19.5 Å². The Balaban J connectivity index is 0.000000364. The smallest absolute Gasteiger partial charge is 0.475 e. The van der Waals surface area contributed by atoms with Crippen molar-refractivity contribution in [3.8, 4) is 5.82 Å². The highest BCUT2D eigenvalue weighted by molar-refractivity contribution is 5.80. The van der Waals surface area contributed by atoms with Gasteiger partial charge >= 0.3 is 12.1 Å². The molecule has 1 spiro atoms. The van der Waals surface area contributed by atoms with E-state index in [1.54, 1.807) is 0 Å². The zero-order chi connectivity index (χ0) is 25.4. The minimum Gasteiger partial charge on any atom is -0.475 e. The lowest BCUT2D eigenvalue weighted by molar-refractivity contribution is -0.192. The molecule has 4 heterocycles. The Morgan fingerprint density at radius 1 is 1.23 bits per heavy atom. The summed E-state index contributed by atoms with van der Waals surface area (Å²) in [6.07, 6.45) is 4.39. The molecule has 1 aliphatic carbocycles. The highest BCUT2D eigenvalue weighted by Crippen LogP contribution is 2.47. The van der Waals surface area contributed by atoms with Gasteiger partial charge in [0.25, 0.3) is 0 Å². The van der Waals surface area contributed by atoms with Gasteiger partial charge in [-0.2, -0.15) is 13.2 Å². The number of hydrogen-bond donors (Lipinski definition) is 1. The molecule has 10 heteroatoms. The standard InChI is InChI=1S/C23H30N4O.C2HF3O2/c1-17(2)10-14-27-19-8-4-12-24-21(19)26-13-5-9-20(26)23(27)11-15-25(16-23)22(28)18-6-3-7-18;3-2(4,5)1(6)7/h4-5,8-9,12-13,17-18H,3,6-7,10-11,14-16H2,1-2H3;(H,6,7). The van der Waals surface area contributed by atoms with Crippen molar-refractivity contribution in [1.82, 2.24) is 14.5 Å². The summed E-state index contributed by atoms with van der Waals surface area (Å²) in [6.45, 7) is 7.20. The second-order valence-corrected chi connectivity index (χ2v) is 9.92. The Kier molecular flexibility index (Phi) is 6.83. The number of pyridine rings is 1. The van der Waals surface area contributed by atoms with E-state index in [-0.39, 0.29) is 11.5 Å². The molecule has 2 aromatic rings. The monoisotopic (exact) mass is 492 g/mol. The Hall–Kier alpha value is -3.04. The molecule has 35 heavy (non-hydrogen) atoms. The summed E-state index contributed by atoms with van der Waals surface area (Å²) < 4.78 is 34.0. The first kappa shape index (κ1) is 25.1. The number of carbonyl (C=O) groups is 2. The van der Waals surface area contributed by atoms with Crippen LogP contribution in [0.2, 0.25) is 0 Å². The van der Waals surface area contributed by atoms with Crippen LogP contribution in [0.25, 0.3) is 5.82 Å². The molecule has 0 aromatic carbocycles. The van der Waals surface area contributed by atoms with Gasteiger partial charge in [-0.05, 0) is 55.9 Å². The van der Waals surface area contributed by atoms with E-state index in [1.807, 2.05) is 12.3 Å². The molecule has 1 N–H and O–H groups in total. The fourth-order valence-corrected chi connectivity index (χ4v) is 5.14. The SMILES string of the molecule is CC(C)CCN1c2cccnc2-n2cccc2C12CCN(C(=O)C1CCC1)C2.O=C(O)C(F)(F)F. The lowest BCUT2D eigenvalue weighted by Gasteiger charge is -2.47. The number of anilines is 1. The number of halogens is 3. The number of nitrogens with zero attached hydrogens (tertiary/aromatic N) is 4. The summed E-state index contributed by atoms with van der Waals surface area (Å²) in [4.78, 5) is 31.3. The molecule has 1 amide bonds. The Bertz CT molecular complexity index is 1080. The van der Waals surface area contributed by atoms with Crippen molar-refractivity contribution in [3.63, 3.8) is 0 Å². The summed E-state index contributed by atoms with van der Waals surface area (Å²) in [7, 11) is 0. The van der Waals surface area contributed by atoms with Crippen molar-refractivity contribution in [2.45, 2.75) is 57.7 Å². The van der Waals surface area contributed by atoms with Crippen LogP contribution in [0.15, 0.2) is 36.7 Å². The summed E-state index contributed by atoms with van der Waals surface area (Å²) >= 11 is 0. The third-order valence-corrected chi connectivity index (χ3v) is 7.21. The first-order chi connectivity index (χ1) is 16.5. The van der Waals surface area contributed by atoms with Gasteiger partial charge in [0, 0.05) is 37.9 Å². The van der Waals surface area contributed by atoms with Gasteiger partial charge in [-0.15, -0.1) is 0 Å². The molecule has 2 aromatic heterocycles. The maximum atomic E-state index is 13.0. The lowest BCUT2D eigenvalue weighted by atomic mass is 9.84. The molecule has 2 aliphatic heterocycles. The van der Waals surface area contributed by atoms with Gasteiger partial charge in [0.1, 0.15) is 5.54 Å². The van der Waals surface area contributed by atoms with Crippen molar-refractivity contribution in [2.24, 2.45) is 11.8 Å². The Labute approximate surface area is 202 Å². The van der Waals surface area contributed by atoms with E-state index in [0.29, 0.717) is 11.8 Å². The topological polar surface area (TPSA) is 78.7 Å². The highest BCUT2D eigenvalue weighted by atomic mass is 19.4. The van der Waals surface area contributed by atoms with Crippen LogP contribution in [-0.2, 0) is 15.1 Å². The van der Waals surface area contributed by atoms with Gasteiger partial charge in [-0.25, -0.2) is 9.78 Å². The van der Waals surface area contributed by atoms with Crippen LogP contribution in [0.5, 0.6) is 0 Å². The van der Waals surface area contributed by atoms with E-state index in [2.05, 4.69) is 52.6 Å². The van der Waals surface area contributed by atoms with Crippen molar-refractivity contribution in [1.29, 1.82) is 0 Å². The predicted molar refractivity (Wildman–Crippen MR) is 124 cm³/mol. The van der Waals surface area contributed by atoms with Crippen LogP contribution in [0.1, 0.15) is 51.6 Å². The van der Waals surface area contributed by atoms with Crippen LogP contribution in [0.3, 0.4) is 0 Å². The number of carboxylic acids is 1. The molecule has 1 saturated carbocycles. The van der Waals surface area contributed by atoms with Crippen molar-refractivity contribution in [2.75, 3.05) is 24.5 Å². The van der Waals surface area contributed by atoms with Crippen LogP contribution in [0, 0.1) is 11.8 Å². The largest absolute Gasteiger partial charge is 0.490 e. The molecule has 3 aliphatic rings.